The highest BCUT2D eigenvalue weighted by Crippen LogP contribution is 2.51. The summed E-state index contributed by atoms with van der Waals surface area (Å²) in [6.07, 6.45) is 7.03. The molecule has 1 atom stereocenters. The minimum absolute atomic E-state index is 0.289. The number of carboxylic acid groups (broad SMARTS) is 1. The lowest BCUT2D eigenvalue weighted by molar-refractivity contribution is -0.132. The van der Waals surface area contributed by atoms with Crippen LogP contribution in [0.2, 0.25) is 0 Å². The number of rotatable bonds is 13. The second-order valence-electron chi connectivity index (χ2n) is 13.1. The first-order valence-corrected chi connectivity index (χ1v) is 19.0. The van der Waals surface area contributed by atoms with E-state index in [0.717, 1.165) is 80.8 Å². The Hall–Kier alpha value is -6.10. The van der Waals surface area contributed by atoms with Gasteiger partial charge in [-0.15, -0.1) is 11.3 Å². The van der Waals surface area contributed by atoms with Gasteiger partial charge in [0.2, 0.25) is 0 Å². The van der Waals surface area contributed by atoms with Crippen LogP contribution in [0.4, 0.5) is 28.4 Å². The lowest BCUT2D eigenvalue weighted by Crippen LogP contribution is -2.32. The maximum Gasteiger partial charge on any atom is 0.346 e. The van der Waals surface area contributed by atoms with Crippen LogP contribution >= 0.6 is 11.3 Å². The molecule has 1 aliphatic rings. The number of carbonyl (C=O) groups is 1. The number of carboxylic acids is 1. The van der Waals surface area contributed by atoms with E-state index in [4.69, 9.17) is 4.74 Å². The molecule has 0 saturated carbocycles. The molecule has 0 radical (unpaired) electrons. The van der Waals surface area contributed by atoms with Crippen LogP contribution in [0.25, 0.3) is 27.6 Å². The van der Waals surface area contributed by atoms with Crippen LogP contribution in [-0.4, -0.2) is 17.1 Å². The summed E-state index contributed by atoms with van der Waals surface area (Å²) in [5.41, 5.74) is 8.22. The number of anilines is 5. The fraction of sp³-hybridized carbons (Fsp3) is 0.174. The van der Waals surface area contributed by atoms with Gasteiger partial charge in [0.25, 0.3) is 0 Å². The number of hydrogen-bond acceptors (Lipinski definition) is 6. The third-order valence-corrected chi connectivity index (χ3v) is 10.8. The van der Waals surface area contributed by atoms with Crippen molar-refractivity contribution in [3.8, 4) is 39.1 Å². The first-order valence-electron chi connectivity index (χ1n) is 18.2. The number of unbranched alkanes of at least 4 members (excludes halogenated alkanes) is 2. The summed E-state index contributed by atoms with van der Waals surface area (Å²) in [5.74, 6) is 0.367. The van der Waals surface area contributed by atoms with Crippen LogP contribution in [0.1, 0.15) is 50.8 Å². The number of thiophene rings is 1. The van der Waals surface area contributed by atoms with Gasteiger partial charge in [0.1, 0.15) is 11.6 Å². The monoisotopic (exact) mass is 715 g/mol. The van der Waals surface area contributed by atoms with Gasteiger partial charge in [-0.1, -0.05) is 93.8 Å². The maximum absolute atomic E-state index is 11.4. The first-order chi connectivity index (χ1) is 26.0. The van der Waals surface area contributed by atoms with Gasteiger partial charge < -0.3 is 19.6 Å². The second-order valence-corrected chi connectivity index (χ2v) is 14.2. The Balaban J connectivity index is 1.24. The molecule has 7 rings (SSSR count). The molecule has 2 heterocycles. The molecule has 5 aromatic carbocycles. The summed E-state index contributed by atoms with van der Waals surface area (Å²) in [4.78, 5) is 17.8. The largest absolute Gasteiger partial charge is 0.477 e. The van der Waals surface area contributed by atoms with E-state index >= 15 is 0 Å². The van der Waals surface area contributed by atoms with E-state index in [0.29, 0.717) is 10.9 Å². The smallest absolute Gasteiger partial charge is 0.346 e. The zero-order valence-corrected chi connectivity index (χ0v) is 30.7. The average Bonchev–Trinajstić information content (AvgIpc) is 3.67. The summed E-state index contributed by atoms with van der Waals surface area (Å²) in [7, 11) is 0. The zero-order valence-electron chi connectivity index (χ0n) is 29.9. The molecule has 1 N–H and O–H groups in total. The Morgan fingerprint density at radius 2 is 1.36 bits per heavy atom. The Bertz CT molecular complexity index is 2230. The number of para-hydroxylation sites is 2. The Morgan fingerprint density at radius 3 is 1.94 bits per heavy atom. The lowest BCUT2D eigenvalue weighted by atomic mass is 9.98. The molecule has 53 heavy (non-hydrogen) atoms. The van der Waals surface area contributed by atoms with E-state index in [2.05, 4.69) is 133 Å². The third kappa shape index (κ3) is 7.60. The summed E-state index contributed by atoms with van der Waals surface area (Å²) in [6, 6.07) is 48.3. The van der Waals surface area contributed by atoms with Crippen LogP contribution in [0.3, 0.4) is 0 Å². The standard InChI is InChI=1S/C46H41N3O3S/c1-3-5-8-13-36(4-2)49-41-25-20-33(32-18-22-39(23-19-32)48(37-14-9-6-10-15-37)38-16-11-7-12-17-38)29-43(41)52-44-30-34(21-26-42(44)49)45-27-24-40(53-45)28-35(31-47)46(50)51/h6-7,9-12,14-30,36H,3-5,8,13H2,1-2H3,(H,50,51)/b35-28-. The van der Waals surface area contributed by atoms with E-state index in [-0.39, 0.29) is 5.57 Å². The fourth-order valence-corrected chi connectivity index (χ4v) is 7.93. The van der Waals surface area contributed by atoms with Crippen molar-refractivity contribution in [3.05, 3.63) is 144 Å². The van der Waals surface area contributed by atoms with Crippen molar-refractivity contribution < 1.29 is 14.6 Å². The first kappa shape index (κ1) is 35.3. The van der Waals surface area contributed by atoms with Crippen molar-refractivity contribution >= 4 is 51.8 Å². The van der Waals surface area contributed by atoms with Crippen LogP contribution < -0.4 is 14.5 Å². The van der Waals surface area contributed by atoms with E-state index in [9.17, 15) is 15.2 Å². The molecule has 1 aromatic heterocycles. The van der Waals surface area contributed by atoms with E-state index < -0.39 is 5.97 Å². The number of benzene rings is 5. The maximum atomic E-state index is 11.4. The molecule has 0 amide bonds. The van der Waals surface area contributed by atoms with Gasteiger partial charge in [0, 0.05) is 32.9 Å². The lowest BCUT2D eigenvalue weighted by Gasteiger charge is -2.39. The molecule has 264 valence electrons. The fourth-order valence-electron chi connectivity index (χ4n) is 6.98. The summed E-state index contributed by atoms with van der Waals surface area (Å²) in [6.45, 7) is 4.50. The highest BCUT2D eigenvalue weighted by Gasteiger charge is 2.30. The van der Waals surface area contributed by atoms with Crippen LogP contribution in [-0.2, 0) is 4.79 Å². The molecular weight excluding hydrogens is 675 g/mol. The Morgan fingerprint density at radius 1 is 0.774 bits per heavy atom. The van der Waals surface area contributed by atoms with Crippen LogP contribution in [0.5, 0.6) is 11.5 Å². The molecule has 6 aromatic rings. The molecule has 0 spiro atoms. The number of nitrogens with zero attached hydrogens (tertiary/aromatic N) is 3. The van der Waals surface area contributed by atoms with Gasteiger partial charge in [0.05, 0.1) is 11.4 Å². The molecule has 0 fully saturated rings. The number of aliphatic carboxylic acids is 1. The normalized spacial score (nSPS) is 12.6. The van der Waals surface area contributed by atoms with Crippen molar-refractivity contribution in [1.29, 1.82) is 5.26 Å². The summed E-state index contributed by atoms with van der Waals surface area (Å²) in [5, 5.41) is 18.6. The molecule has 1 aliphatic heterocycles. The molecule has 6 nitrogen and oxygen atoms in total. The number of hydrogen-bond donors (Lipinski definition) is 1. The number of ether oxygens (including phenoxy) is 1. The molecule has 7 heteroatoms. The van der Waals surface area contributed by atoms with Gasteiger partial charge in [0.15, 0.2) is 11.5 Å². The Labute approximate surface area is 315 Å². The molecule has 0 saturated heterocycles. The van der Waals surface area contributed by atoms with Crippen molar-refractivity contribution in [3.63, 3.8) is 0 Å². The number of nitriles is 1. The van der Waals surface area contributed by atoms with E-state index in [1.807, 2.05) is 24.3 Å². The van der Waals surface area contributed by atoms with Crippen molar-refractivity contribution in [2.45, 2.75) is 52.0 Å². The summed E-state index contributed by atoms with van der Waals surface area (Å²) < 4.78 is 6.77. The van der Waals surface area contributed by atoms with Crippen LogP contribution in [0.15, 0.2) is 139 Å². The SMILES string of the molecule is CCCCCC(CC)N1c2ccc(-c3ccc(N(c4ccccc4)c4ccccc4)cc3)cc2Oc2cc(-c3ccc(/C=C(/C#N)C(=O)O)s3)ccc21. The predicted octanol–water partition coefficient (Wildman–Crippen LogP) is 13.1. The quantitative estimate of drug-likeness (QED) is 0.0729. The molecule has 1 unspecified atom stereocenters. The van der Waals surface area contributed by atoms with Gasteiger partial charge in [-0.2, -0.15) is 5.26 Å². The summed E-state index contributed by atoms with van der Waals surface area (Å²) >= 11 is 1.44. The van der Waals surface area contributed by atoms with Gasteiger partial charge in [-0.3, -0.25) is 0 Å². The van der Waals surface area contributed by atoms with Crippen molar-refractivity contribution in [1.82, 2.24) is 0 Å². The Kier molecular flexibility index (Phi) is 10.7. The van der Waals surface area contributed by atoms with E-state index in [1.165, 1.54) is 30.3 Å². The highest BCUT2D eigenvalue weighted by molar-refractivity contribution is 7.16. The average molecular weight is 716 g/mol. The molecule has 0 bridgehead atoms. The predicted molar refractivity (Wildman–Crippen MR) is 218 cm³/mol. The van der Waals surface area contributed by atoms with Crippen molar-refractivity contribution in [2.75, 3.05) is 9.80 Å². The van der Waals surface area contributed by atoms with Crippen LogP contribution in [0, 0.1) is 11.3 Å². The second kappa shape index (κ2) is 16.1. The third-order valence-electron chi connectivity index (χ3n) is 9.67. The number of fused-ring (bicyclic) bond motifs is 2. The van der Waals surface area contributed by atoms with Gasteiger partial charge in [-0.05, 0) is 108 Å². The zero-order chi connectivity index (χ0) is 36.7. The highest BCUT2D eigenvalue weighted by atomic mass is 32.1. The molecular formula is C46H41N3O3S. The molecule has 0 aliphatic carbocycles. The minimum atomic E-state index is -1.23. The van der Waals surface area contributed by atoms with E-state index in [1.54, 1.807) is 6.07 Å². The minimum Gasteiger partial charge on any atom is -0.477 e. The topological polar surface area (TPSA) is 76.8 Å². The van der Waals surface area contributed by atoms with Gasteiger partial charge in [-0.25, -0.2) is 4.79 Å². The van der Waals surface area contributed by atoms with Gasteiger partial charge >= 0.3 is 5.97 Å². The van der Waals surface area contributed by atoms with Crippen molar-refractivity contribution in [2.24, 2.45) is 0 Å².